The maximum absolute atomic E-state index is 3.55. The van der Waals surface area contributed by atoms with E-state index >= 15 is 0 Å². The van der Waals surface area contributed by atoms with Crippen molar-refractivity contribution in [1.82, 2.24) is 10.6 Å². The van der Waals surface area contributed by atoms with E-state index in [0.29, 0.717) is 0 Å². The molecule has 17 heavy (non-hydrogen) atoms. The van der Waals surface area contributed by atoms with Crippen molar-refractivity contribution in [3.63, 3.8) is 0 Å². The van der Waals surface area contributed by atoms with E-state index in [4.69, 9.17) is 0 Å². The van der Waals surface area contributed by atoms with Gasteiger partial charge in [0.15, 0.2) is 0 Å². The fourth-order valence-corrected chi connectivity index (χ4v) is 1.97. The molecule has 0 fully saturated rings. The molecule has 0 unspecified atom stereocenters. The molecule has 0 atom stereocenters. The molecule has 0 bridgehead atoms. The molecule has 0 radical (unpaired) electrons. The highest BCUT2D eigenvalue weighted by atomic mass is 79.9. The molecule has 2 nitrogen and oxygen atoms in total. The number of hydrogen-bond donors (Lipinski definition) is 2. The molecule has 0 heterocycles. The summed E-state index contributed by atoms with van der Waals surface area (Å²) in [5.41, 5.74) is 1.54. The first-order valence-corrected chi connectivity index (χ1v) is 6.97. The van der Waals surface area contributed by atoms with Crippen LogP contribution >= 0.6 is 15.9 Å². The first-order chi connectivity index (χ1) is 7.99. The third kappa shape index (κ3) is 6.81. The molecule has 0 aliphatic heterocycles. The van der Waals surface area contributed by atoms with Crippen molar-refractivity contribution in [2.24, 2.45) is 0 Å². The van der Waals surface area contributed by atoms with Gasteiger partial charge in [0.25, 0.3) is 0 Å². The van der Waals surface area contributed by atoms with Gasteiger partial charge in [0.1, 0.15) is 0 Å². The zero-order valence-electron chi connectivity index (χ0n) is 11.0. The maximum Gasteiger partial charge on any atom is 0.0220 e. The van der Waals surface area contributed by atoms with E-state index in [1.165, 1.54) is 10.0 Å². The van der Waals surface area contributed by atoms with Gasteiger partial charge in [-0.1, -0.05) is 34.1 Å². The number of hydrogen-bond acceptors (Lipinski definition) is 2. The molecular weight excluding hydrogens is 276 g/mol. The minimum absolute atomic E-state index is 0.225. The smallest absolute Gasteiger partial charge is 0.0220 e. The van der Waals surface area contributed by atoms with Crippen molar-refractivity contribution >= 4 is 15.9 Å². The van der Waals surface area contributed by atoms with Crippen molar-refractivity contribution in [2.75, 3.05) is 13.1 Å². The zero-order valence-corrected chi connectivity index (χ0v) is 12.6. The van der Waals surface area contributed by atoms with Crippen LogP contribution in [-0.2, 0) is 6.54 Å². The molecule has 0 aliphatic carbocycles. The molecule has 0 saturated heterocycles. The van der Waals surface area contributed by atoms with Crippen molar-refractivity contribution in [3.8, 4) is 0 Å². The van der Waals surface area contributed by atoms with Crippen LogP contribution in [0.5, 0.6) is 0 Å². The minimum Gasteiger partial charge on any atom is -0.313 e. The van der Waals surface area contributed by atoms with E-state index in [2.05, 4.69) is 65.5 Å². The summed E-state index contributed by atoms with van der Waals surface area (Å²) in [5, 5.41) is 6.94. The lowest BCUT2D eigenvalue weighted by Crippen LogP contribution is -2.37. The van der Waals surface area contributed by atoms with Gasteiger partial charge in [-0.25, -0.2) is 0 Å². The predicted molar refractivity (Wildman–Crippen MR) is 78.2 cm³/mol. The Kier molecular flexibility index (Phi) is 6.17. The first kappa shape index (κ1) is 14.7. The van der Waals surface area contributed by atoms with Crippen LogP contribution in [0.1, 0.15) is 32.8 Å². The first-order valence-electron chi connectivity index (χ1n) is 6.18. The van der Waals surface area contributed by atoms with E-state index in [1.54, 1.807) is 0 Å². The Morgan fingerprint density at radius 3 is 2.47 bits per heavy atom. The van der Waals surface area contributed by atoms with Gasteiger partial charge in [0.2, 0.25) is 0 Å². The Bertz CT molecular complexity index is 331. The van der Waals surface area contributed by atoms with E-state index in [1.807, 2.05) is 6.07 Å². The fraction of sp³-hybridized carbons (Fsp3) is 0.571. The molecule has 96 valence electrons. The second-order valence-corrected chi connectivity index (χ2v) is 6.15. The van der Waals surface area contributed by atoms with Gasteiger partial charge in [-0.3, -0.25) is 0 Å². The summed E-state index contributed by atoms with van der Waals surface area (Å²) in [6.07, 6.45) is 1.15. The van der Waals surface area contributed by atoms with Gasteiger partial charge in [-0.05, 0) is 51.9 Å². The van der Waals surface area contributed by atoms with E-state index in [-0.39, 0.29) is 5.54 Å². The van der Waals surface area contributed by atoms with Gasteiger partial charge in [0.05, 0.1) is 0 Å². The Labute approximate surface area is 113 Å². The monoisotopic (exact) mass is 298 g/mol. The average molecular weight is 299 g/mol. The van der Waals surface area contributed by atoms with Crippen molar-refractivity contribution in [1.29, 1.82) is 0 Å². The number of halogens is 1. The zero-order chi connectivity index (χ0) is 12.7. The quantitative estimate of drug-likeness (QED) is 0.787. The largest absolute Gasteiger partial charge is 0.313 e. The van der Waals surface area contributed by atoms with Crippen LogP contribution in [0.25, 0.3) is 0 Å². The van der Waals surface area contributed by atoms with Gasteiger partial charge in [-0.2, -0.15) is 0 Å². The van der Waals surface area contributed by atoms with Crippen LogP contribution in [0.15, 0.2) is 28.7 Å². The van der Waals surface area contributed by atoms with Crippen LogP contribution in [0.4, 0.5) is 0 Å². The van der Waals surface area contributed by atoms with E-state index < -0.39 is 0 Å². The third-order valence-corrected chi connectivity index (χ3v) is 3.23. The Hall–Kier alpha value is -0.380. The Morgan fingerprint density at radius 2 is 1.82 bits per heavy atom. The van der Waals surface area contributed by atoms with Crippen molar-refractivity contribution < 1.29 is 0 Å². The van der Waals surface area contributed by atoms with Gasteiger partial charge in [-0.15, -0.1) is 0 Å². The van der Waals surface area contributed by atoms with Crippen LogP contribution < -0.4 is 10.6 Å². The lowest BCUT2D eigenvalue weighted by atomic mass is 10.1. The van der Waals surface area contributed by atoms with E-state index in [9.17, 15) is 0 Å². The number of benzene rings is 1. The van der Waals surface area contributed by atoms with Gasteiger partial charge in [0, 0.05) is 16.6 Å². The highest BCUT2D eigenvalue weighted by Gasteiger charge is 2.06. The molecule has 1 aromatic rings. The molecule has 2 N–H and O–H groups in total. The topological polar surface area (TPSA) is 24.1 Å². The lowest BCUT2D eigenvalue weighted by molar-refractivity contribution is 0.418. The second kappa shape index (κ2) is 7.14. The lowest BCUT2D eigenvalue weighted by Gasteiger charge is -2.20. The number of rotatable bonds is 6. The molecule has 3 heteroatoms. The van der Waals surface area contributed by atoms with Gasteiger partial charge >= 0.3 is 0 Å². The van der Waals surface area contributed by atoms with Crippen molar-refractivity contribution in [3.05, 3.63) is 34.3 Å². The summed E-state index contributed by atoms with van der Waals surface area (Å²) in [5.74, 6) is 0. The average Bonchev–Trinajstić information content (AvgIpc) is 2.24. The normalized spacial score (nSPS) is 11.8. The van der Waals surface area contributed by atoms with Crippen LogP contribution in [0.2, 0.25) is 0 Å². The summed E-state index contributed by atoms with van der Waals surface area (Å²) >= 11 is 3.55. The van der Waals surface area contributed by atoms with Crippen LogP contribution in [-0.4, -0.2) is 18.6 Å². The Morgan fingerprint density at radius 1 is 1.12 bits per heavy atom. The van der Waals surface area contributed by atoms with Crippen LogP contribution in [0, 0.1) is 0 Å². The molecule has 1 aromatic carbocycles. The predicted octanol–water partition coefficient (Wildman–Crippen LogP) is 3.32. The molecule has 0 amide bonds. The third-order valence-electron chi connectivity index (χ3n) is 2.46. The Balaban J connectivity index is 2.11. The standard InChI is InChI=1S/C14H23BrN2/c1-14(2,3)17-10-6-9-16-11-12-7-4-5-8-13(12)15/h4-5,7-8,16-17H,6,9-11H2,1-3H3. The molecule has 1 rings (SSSR count). The maximum atomic E-state index is 3.55. The minimum atomic E-state index is 0.225. The van der Waals surface area contributed by atoms with E-state index in [0.717, 1.165) is 26.1 Å². The summed E-state index contributed by atoms with van der Waals surface area (Å²) in [6, 6.07) is 8.34. The summed E-state index contributed by atoms with van der Waals surface area (Å²) in [4.78, 5) is 0. The second-order valence-electron chi connectivity index (χ2n) is 5.30. The molecule has 0 saturated carbocycles. The molecule has 0 aromatic heterocycles. The van der Waals surface area contributed by atoms with Crippen LogP contribution in [0.3, 0.4) is 0 Å². The summed E-state index contributed by atoms with van der Waals surface area (Å²) in [7, 11) is 0. The highest BCUT2D eigenvalue weighted by molar-refractivity contribution is 9.10. The van der Waals surface area contributed by atoms with Crippen molar-refractivity contribution in [2.45, 2.75) is 39.3 Å². The molecule has 0 spiro atoms. The fourth-order valence-electron chi connectivity index (χ4n) is 1.54. The SMILES string of the molecule is CC(C)(C)NCCCNCc1ccccc1Br. The van der Waals surface area contributed by atoms with Gasteiger partial charge < -0.3 is 10.6 Å². The highest BCUT2D eigenvalue weighted by Crippen LogP contribution is 2.15. The molecular formula is C14H23BrN2. The summed E-state index contributed by atoms with van der Waals surface area (Å²) in [6.45, 7) is 9.62. The number of nitrogens with one attached hydrogen (secondary N) is 2. The summed E-state index contributed by atoms with van der Waals surface area (Å²) < 4.78 is 1.18. The molecule has 0 aliphatic rings.